The van der Waals surface area contributed by atoms with Gasteiger partial charge in [-0.1, -0.05) is 12.1 Å². The molecule has 17 heavy (non-hydrogen) atoms. The predicted octanol–water partition coefficient (Wildman–Crippen LogP) is 1.86. The lowest BCUT2D eigenvalue weighted by Gasteiger charge is -2.16. The maximum absolute atomic E-state index is 11.9. The van der Waals surface area contributed by atoms with Gasteiger partial charge < -0.3 is 0 Å². The van der Waals surface area contributed by atoms with Crippen LogP contribution in [0.25, 0.3) is 0 Å². The second kappa shape index (κ2) is 4.19. The summed E-state index contributed by atoms with van der Waals surface area (Å²) >= 11 is 0. The van der Waals surface area contributed by atoms with Crippen molar-refractivity contribution in [3.05, 3.63) is 35.4 Å². The standard InChI is InChI=1S/C13H14N2O2/c1-13(2)9-17-15(12(13)16)8-11-5-3-4-10(6-11)7-14/h3-6H,8-9H2,1-2H3. The Bertz CT molecular complexity index is 488. The molecular weight excluding hydrogens is 216 g/mol. The molecule has 0 N–H and O–H groups in total. The van der Waals surface area contributed by atoms with Crippen molar-refractivity contribution < 1.29 is 9.63 Å². The fraction of sp³-hybridized carbons (Fsp3) is 0.385. The van der Waals surface area contributed by atoms with Crippen molar-refractivity contribution >= 4 is 5.91 Å². The van der Waals surface area contributed by atoms with Crippen molar-refractivity contribution in [2.24, 2.45) is 5.41 Å². The van der Waals surface area contributed by atoms with E-state index >= 15 is 0 Å². The summed E-state index contributed by atoms with van der Waals surface area (Å²) in [6.45, 7) is 4.52. The van der Waals surface area contributed by atoms with Gasteiger partial charge in [0, 0.05) is 0 Å². The molecule has 1 aliphatic heterocycles. The van der Waals surface area contributed by atoms with E-state index in [0.717, 1.165) is 5.56 Å². The third-order valence-electron chi connectivity index (χ3n) is 2.77. The monoisotopic (exact) mass is 230 g/mol. The van der Waals surface area contributed by atoms with E-state index in [0.29, 0.717) is 18.7 Å². The van der Waals surface area contributed by atoms with Crippen molar-refractivity contribution in [1.82, 2.24) is 5.06 Å². The minimum absolute atomic E-state index is 0.0140. The van der Waals surface area contributed by atoms with Crippen molar-refractivity contribution in [3.63, 3.8) is 0 Å². The summed E-state index contributed by atoms with van der Waals surface area (Å²) in [7, 11) is 0. The smallest absolute Gasteiger partial charge is 0.254 e. The quantitative estimate of drug-likeness (QED) is 0.779. The van der Waals surface area contributed by atoms with Crippen LogP contribution in [0.2, 0.25) is 0 Å². The van der Waals surface area contributed by atoms with Gasteiger partial charge in [0.15, 0.2) is 0 Å². The highest BCUT2D eigenvalue weighted by atomic mass is 16.7. The molecule has 1 fully saturated rings. The molecule has 1 amide bonds. The molecule has 0 aliphatic carbocycles. The maximum Gasteiger partial charge on any atom is 0.254 e. The molecule has 2 rings (SSSR count). The molecular formula is C13H14N2O2. The van der Waals surface area contributed by atoms with Crippen LogP contribution in [-0.2, 0) is 16.2 Å². The summed E-state index contributed by atoms with van der Waals surface area (Å²) in [6, 6.07) is 9.26. The third kappa shape index (κ3) is 2.29. The Hall–Kier alpha value is -1.86. The minimum Gasteiger partial charge on any atom is -0.272 e. The van der Waals surface area contributed by atoms with Crippen LogP contribution in [-0.4, -0.2) is 17.6 Å². The number of hydrogen-bond acceptors (Lipinski definition) is 3. The Labute approximate surface area is 100 Å². The van der Waals surface area contributed by atoms with Gasteiger partial charge in [-0.05, 0) is 31.5 Å². The van der Waals surface area contributed by atoms with Crippen molar-refractivity contribution in [1.29, 1.82) is 5.26 Å². The van der Waals surface area contributed by atoms with E-state index in [1.807, 2.05) is 19.9 Å². The van der Waals surface area contributed by atoms with E-state index in [9.17, 15) is 4.79 Å². The Morgan fingerprint density at radius 2 is 2.29 bits per heavy atom. The van der Waals surface area contributed by atoms with E-state index in [-0.39, 0.29) is 5.91 Å². The number of nitrogens with zero attached hydrogens (tertiary/aromatic N) is 2. The summed E-state index contributed by atoms with van der Waals surface area (Å²) in [5, 5.41) is 10.2. The molecule has 0 unspecified atom stereocenters. The van der Waals surface area contributed by atoms with Gasteiger partial charge in [0.2, 0.25) is 0 Å². The first kappa shape index (κ1) is 11.6. The Morgan fingerprint density at radius 3 is 2.88 bits per heavy atom. The van der Waals surface area contributed by atoms with E-state index in [2.05, 4.69) is 6.07 Å². The minimum atomic E-state index is -0.452. The predicted molar refractivity (Wildman–Crippen MR) is 61.4 cm³/mol. The van der Waals surface area contributed by atoms with Crippen molar-refractivity contribution in [3.8, 4) is 6.07 Å². The fourth-order valence-electron chi connectivity index (χ4n) is 1.72. The number of nitriles is 1. The first-order chi connectivity index (χ1) is 8.03. The van der Waals surface area contributed by atoms with Crippen LogP contribution in [0.4, 0.5) is 0 Å². The number of hydroxylamine groups is 2. The highest BCUT2D eigenvalue weighted by Crippen LogP contribution is 2.28. The SMILES string of the molecule is CC1(C)CON(Cc2cccc(C#N)c2)C1=O. The average molecular weight is 230 g/mol. The van der Waals surface area contributed by atoms with Crippen LogP contribution in [0.3, 0.4) is 0 Å². The summed E-state index contributed by atoms with van der Waals surface area (Å²) in [4.78, 5) is 17.3. The van der Waals surface area contributed by atoms with Gasteiger partial charge in [0.1, 0.15) is 0 Å². The molecule has 1 aromatic rings. The van der Waals surface area contributed by atoms with Crippen LogP contribution < -0.4 is 0 Å². The number of hydrogen-bond donors (Lipinski definition) is 0. The first-order valence-corrected chi connectivity index (χ1v) is 5.47. The normalized spacial score (nSPS) is 18.2. The number of carbonyl (C=O) groups is 1. The summed E-state index contributed by atoms with van der Waals surface area (Å²) in [5.74, 6) is -0.0140. The lowest BCUT2D eigenvalue weighted by molar-refractivity contribution is -0.165. The largest absolute Gasteiger partial charge is 0.272 e. The van der Waals surface area contributed by atoms with E-state index < -0.39 is 5.41 Å². The number of amides is 1. The Kier molecular flexibility index (Phi) is 2.86. The molecule has 88 valence electrons. The lowest BCUT2D eigenvalue weighted by Crippen LogP contribution is -2.30. The zero-order valence-electron chi connectivity index (χ0n) is 9.93. The topological polar surface area (TPSA) is 53.3 Å². The summed E-state index contributed by atoms with van der Waals surface area (Å²) < 4.78 is 0. The highest BCUT2D eigenvalue weighted by molar-refractivity contribution is 5.82. The zero-order chi connectivity index (χ0) is 12.5. The first-order valence-electron chi connectivity index (χ1n) is 5.47. The summed E-state index contributed by atoms with van der Waals surface area (Å²) in [5.41, 5.74) is 1.04. The maximum atomic E-state index is 11.9. The van der Waals surface area contributed by atoms with Crippen molar-refractivity contribution in [2.75, 3.05) is 6.61 Å². The summed E-state index contributed by atoms with van der Waals surface area (Å²) in [6.07, 6.45) is 0. The van der Waals surface area contributed by atoms with E-state index in [4.69, 9.17) is 10.1 Å². The molecule has 0 saturated carbocycles. The molecule has 0 aromatic heterocycles. The molecule has 0 bridgehead atoms. The molecule has 1 aromatic carbocycles. The molecule has 1 saturated heterocycles. The van der Waals surface area contributed by atoms with Crippen LogP contribution in [0.15, 0.2) is 24.3 Å². The zero-order valence-corrected chi connectivity index (χ0v) is 9.93. The van der Waals surface area contributed by atoms with E-state index in [1.54, 1.807) is 18.2 Å². The molecule has 4 heteroatoms. The molecule has 1 heterocycles. The van der Waals surface area contributed by atoms with Gasteiger partial charge in [-0.3, -0.25) is 9.63 Å². The third-order valence-corrected chi connectivity index (χ3v) is 2.77. The molecule has 0 atom stereocenters. The van der Waals surface area contributed by atoms with Gasteiger partial charge in [0.25, 0.3) is 5.91 Å². The second-order valence-electron chi connectivity index (χ2n) is 4.81. The van der Waals surface area contributed by atoms with Gasteiger partial charge in [-0.25, -0.2) is 5.06 Å². The van der Waals surface area contributed by atoms with Crippen LogP contribution >= 0.6 is 0 Å². The second-order valence-corrected chi connectivity index (χ2v) is 4.81. The van der Waals surface area contributed by atoms with Gasteiger partial charge >= 0.3 is 0 Å². The molecule has 4 nitrogen and oxygen atoms in total. The number of rotatable bonds is 2. The van der Waals surface area contributed by atoms with Gasteiger partial charge in [0.05, 0.1) is 30.2 Å². The number of benzene rings is 1. The molecule has 0 radical (unpaired) electrons. The van der Waals surface area contributed by atoms with Crippen LogP contribution in [0, 0.1) is 16.7 Å². The van der Waals surface area contributed by atoms with Crippen LogP contribution in [0.5, 0.6) is 0 Å². The fourth-order valence-corrected chi connectivity index (χ4v) is 1.72. The van der Waals surface area contributed by atoms with E-state index in [1.165, 1.54) is 5.06 Å². The number of carbonyl (C=O) groups excluding carboxylic acids is 1. The van der Waals surface area contributed by atoms with Gasteiger partial charge in [-0.2, -0.15) is 5.26 Å². The molecule has 1 aliphatic rings. The van der Waals surface area contributed by atoms with Crippen LogP contribution in [0.1, 0.15) is 25.0 Å². The Balaban J connectivity index is 2.12. The van der Waals surface area contributed by atoms with Gasteiger partial charge in [-0.15, -0.1) is 0 Å². The average Bonchev–Trinajstić information content (AvgIpc) is 2.57. The lowest BCUT2D eigenvalue weighted by atomic mass is 9.95. The molecule has 0 spiro atoms. The Morgan fingerprint density at radius 1 is 1.53 bits per heavy atom. The highest BCUT2D eigenvalue weighted by Gasteiger charge is 2.40. The van der Waals surface area contributed by atoms with Crippen molar-refractivity contribution in [2.45, 2.75) is 20.4 Å².